The van der Waals surface area contributed by atoms with Crippen LogP contribution in [0.25, 0.3) is 11.3 Å². The minimum Gasteiger partial charge on any atom is -0.457 e. The van der Waals surface area contributed by atoms with Crippen molar-refractivity contribution < 1.29 is 32.2 Å². The molecule has 0 unspecified atom stereocenters. The van der Waals surface area contributed by atoms with Crippen LogP contribution in [-0.2, 0) is 23.9 Å². The Kier molecular flexibility index (Phi) is 10.2. The second-order valence-corrected chi connectivity index (χ2v) is 11.7. The van der Waals surface area contributed by atoms with Crippen LogP contribution in [0.1, 0.15) is 50.8 Å². The highest BCUT2D eigenvalue weighted by atomic mass is 19.4. The number of aromatic nitrogens is 3. The van der Waals surface area contributed by atoms with Crippen molar-refractivity contribution in [1.29, 1.82) is 5.26 Å². The highest BCUT2D eigenvalue weighted by Crippen LogP contribution is 2.34. The number of benzene rings is 3. The van der Waals surface area contributed by atoms with Gasteiger partial charge in [0.05, 0.1) is 30.6 Å². The van der Waals surface area contributed by atoms with Gasteiger partial charge in [0.25, 0.3) is 11.5 Å². The van der Waals surface area contributed by atoms with Crippen LogP contribution in [0.15, 0.2) is 90.1 Å². The number of ether oxygens (including phenoxy) is 2. The average Bonchev–Trinajstić information content (AvgIpc) is 3.54. The van der Waals surface area contributed by atoms with E-state index in [-0.39, 0.29) is 24.2 Å². The molecule has 10 nitrogen and oxygen atoms in total. The van der Waals surface area contributed by atoms with Gasteiger partial charge in [0.1, 0.15) is 29.5 Å². The molecule has 5 aromatic rings. The molecular formula is C37H32F3N5O5. The zero-order valence-corrected chi connectivity index (χ0v) is 27.5. The lowest BCUT2D eigenvalue weighted by molar-refractivity contribution is -0.137. The summed E-state index contributed by atoms with van der Waals surface area (Å²) in [6, 6.07) is 20.1. The summed E-state index contributed by atoms with van der Waals surface area (Å²) >= 11 is 0. The van der Waals surface area contributed by atoms with Gasteiger partial charge in [0.15, 0.2) is 0 Å². The zero-order valence-electron chi connectivity index (χ0n) is 27.5. The lowest BCUT2D eigenvalue weighted by Crippen LogP contribution is -2.34. The molecule has 3 aromatic carbocycles. The lowest BCUT2D eigenvalue weighted by Gasteiger charge is -2.19. The SMILES string of the molecule is COC(=O)n1cnc(C[C@@H](C)NC(=O)c2cccc(Oc3ccc(-c4cc(C(F)(F)F)c(C#N)c(=O)n4Cc4ccc(C)cc4C)cc3)c2)c1. The molecule has 2 heterocycles. The standard InChI is InChI=1S/C37H32F3N5O5/c1-22-8-9-27(23(2)14-22)19-45-33(17-32(37(38,39)40)31(18-41)35(45)47)25-10-12-29(13-11-25)50-30-7-5-6-26(16-30)34(46)43-24(3)15-28-20-44(21-42-28)36(48)49-4/h5-14,16-17,20-21,24H,15,19H2,1-4H3,(H,43,46)/t24-/m1/s1. The number of carbonyl (C=O) groups excluding carboxylic acids is 2. The number of halogens is 3. The molecule has 0 radical (unpaired) electrons. The van der Waals surface area contributed by atoms with Crippen LogP contribution in [0.3, 0.4) is 0 Å². The van der Waals surface area contributed by atoms with Gasteiger partial charge >= 0.3 is 12.3 Å². The Bertz CT molecular complexity index is 2160. The summed E-state index contributed by atoms with van der Waals surface area (Å²) in [5.74, 6) is 0.293. The number of nitrogens with zero attached hydrogens (tertiary/aromatic N) is 4. The van der Waals surface area contributed by atoms with Gasteiger partial charge in [-0.3, -0.25) is 9.59 Å². The molecule has 1 N–H and O–H groups in total. The Morgan fingerprint density at radius 2 is 1.76 bits per heavy atom. The molecule has 50 heavy (non-hydrogen) atoms. The molecule has 0 fully saturated rings. The summed E-state index contributed by atoms with van der Waals surface area (Å²) in [5.41, 5.74) is 0.417. The van der Waals surface area contributed by atoms with E-state index in [4.69, 9.17) is 4.74 Å². The number of aryl methyl sites for hydroxylation is 2. The number of amides is 1. The number of hydrogen-bond donors (Lipinski definition) is 1. The second kappa shape index (κ2) is 14.5. The van der Waals surface area contributed by atoms with Crippen molar-refractivity contribution in [2.45, 2.75) is 46.0 Å². The molecule has 5 rings (SSSR count). The largest absolute Gasteiger partial charge is 0.457 e. The predicted molar refractivity (Wildman–Crippen MR) is 178 cm³/mol. The number of nitriles is 1. The molecular weight excluding hydrogens is 651 g/mol. The Morgan fingerprint density at radius 1 is 1.02 bits per heavy atom. The Morgan fingerprint density at radius 3 is 2.42 bits per heavy atom. The predicted octanol–water partition coefficient (Wildman–Crippen LogP) is 7.04. The highest BCUT2D eigenvalue weighted by Gasteiger charge is 2.36. The molecule has 0 bridgehead atoms. The third-order valence-corrected chi connectivity index (χ3v) is 7.94. The summed E-state index contributed by atoms with van der Waals surface area (Å²) in [7, 11) is 1.26. The lowest BCUT2D eigenvalue weighted by atomic mass is 10.0. The first kappa shape index (κ1) is 35.2. The molecule has 0 aliphatic carbocycles. The molecule has 256 valence electrons. The fourth-order valence-corrected chi connectivity index (χ4v) is 5.44. The van der Waals surface area contributed by atoms with E-state index in [9.17, 15) is 32.8 Å². The summed E-state index contributed by atoms with van der Waals surface area (Å²) in [6.45, 7) is 5.50. The molecule has 13 heteroatoms. The average molecular weight is 684 g/mol. The van der Waals surface area contributed by atoms with Gasteiger partial charge in [0.2, 0.25) is 0 Å². The van der Waals surface area contributed by atoms with Gasteiger partial charge in [-0.15, -0.1) is 0 Å². The number of methoxy groups -OCH3 is 1. The van der Waals surface area contributed by atoms with E-state index in [1.165, 1.54) is 59.1 Å². The topological polar surface area (TPSA) is 128 Å². The van der Waals surface area contributed by atoms with Crippen LogP contribution in [0.2, 0.25) is 0 Å². The Hall–Kier alpha value is -6.16. The fraction of sp³-hybridized carbons (Fsp3) is 0.216. The van der Waals surface area contributed by atoms with Crippen LogP contribution in [0.5, 0.6) is 11.5 Å². The first-order valence-corrected chi connectivity index (χ1v) is 15.4. The first-order chi connectivity index (χ1) is 23.8. The van der Waals surface area contributed by atoms with Crippen molar-refractivity contribution >= 4 is 12.0 Å². The number of alkyl halides is 3. The van der Waals surface area contributed by atoms with Gasteiger partial charge in [-0.25, -0.2) is 14.3 Å². The van der Waals surface area contributed by atoms with Crippen molar-refractivity contribution in [2.75, 3.05) is 7.11 Å². The van der Waals surface area contributed by atoms with Crippen molar-refractivity contribution in [3.05, 3.63) is 135 Å². The molecule has 0 aliphatic heterocycles. The maximum absolute atomic E-state index is 14.0. The number of pyridine rings is 1. The van der Waals surface area contributed by atoms with Crippen LogP contribution in [0.4, 0.5) is 18.0 Å². The van der Waals surface area contributed by atoms with E-state index in [2.05, 4.69) is 15.0 Å². The monoisotopic (exact) mass is 683 g/mol. The van der Waals surface area contributed by atoms with Crippen molar-refractivity contribution in [1.82, 2.24) is 19.4 Å². The summed E-state index contributed by atoms with van der Waals surface area (Å²) in [6.07, 6.45) is -2.29. The van der Waals surface area contributed by atoms with E-state index < -0.39 is 29.0 Å². The zero-order chi connectivity index (χ0) is 36.2. The smallest absolute Gasteiger partial charge is 0.418 e. The number of imidazole rings is 1. The number of hydrogen-bond acceptors (Lipinski definition) is 7. The number of carbonyl (C=O) groups is 2. The van der Waals surface area contributed by atoms with Gasteiger partial charge in [-0.2, -0.15) is 18.4 Å². The highest BCUT2D eigenvalue weighted by molar-refractivity contribution is 5.94. The number of nitrogens with one attached hydrogen (secondary N) is 1. The maximum atomic E-state index is 14.0. The third-order valence-electron chi connectivity index (χ3n) is 7.94. The van der Waals surface area contributed by atoms with Gasteiger partial charge in [-0.1, -0.05) is 29.8 Å². The molecule has 2 aromatic heterocycles. The van der Waals surface area contributed by atoms with Crippen molar-refractivity contribution in [3.63, 3.8) is 0 Å². The minimum atomic E-state index is -4.93. The quantitative estimate of drug-likeness (QED) is 0.177. The summed E-state index contributed by atoms with van der Waals surface area (Å²) < 4.78 is 55.0. The summed E-state index contributed by atoms with van der Waals surface area (Å²) in [4.78, 5) is 42.2. The molecule has 0 aliphatic rings. The summed E-state index contributed by atoms with van der Waals surface area (Å²) in [5, 5.41) is 12.4. The normalized spacial score (nSPS) is 11.8. The Balaban J connectivity index is 1.36. The van der Waals surface area contributed by atoms with E-state index in [0.29, 0.717) is 34.7 Å². The van der Waals surface area contributed by atoms with Crippen LogP contribution in [0, 0.1) is 25.2 Å². The van der Waals surface area contributed by atoms with Crippen LogP contribution < -0.4 is 15.6 Å². The molecule has 1 atom stereocenters. The second-order valence-electron chi connectivity index (χ2n) is 11.7. The number of rotatable bonds is 9. The Labute approximate surface area is 285 Å². The van der Waals surface area contributed by atoms with Crippen molar-refractivity contribution in [2.24, 2.45) is 0 Å². The van der Waals surface area contributed by atoms with E-state index in [1.807, 2.05) is 26.0 Å². The first-order valence-electron chi connectivity index (χ1n) is 15.4. The van der Waals surface area contributed by atoms with Crippen LogP contribution in [-0.4, -0.2) is 39.3 Å². The fourth-order valence-electron chi connectivity index (χ4n) is 5.44. The molecule has 0 saturated carbocycles. The van der Waals surface area contributed by atoms with E-state index in [0.717, 1.165) is 22.8 Å². The van der Waals surface area contributed by atoms with Gasteiger partial charge < -0.3 is 19.4 Å². The van der Waals surface area contributed by atoms with Gasteiger partial charge in [-0.05, 0) is 86.0 Å². The van der Waals surface area contributed by atoms with E-state index >= 15 is 0 Å². The molecule has 0 saturated heterocycles. The van der Waals surface area contributed by atoms with Crippen LogP contribution >= 0.6 is 0 Å². The molecule has 1 amide bonds. The minimum absolute atomic E-state index is 0.0160. The third kappa shape index (κ3) is 7.92. The molecule has 0 spiro atoms. The maximum Gasteiger partial charge on any atom is 0.418 e. The van der Waals surface area contributed by atoms with Gasteiger partial charge in [0, 0.05) is 24.2 Å². The van der Waals surface area contributed by atoms with Crippen molar-refractivity contribution in [3.8, 4) is 28.8 Å². The van der Waals surface area contributed by atoms with E-state index in [1.54, 1.807) is 37.3 Å².